The number of hydrogen-bond donors (Lipinski definition) is 0. The largest absolute Gasteiger partial charge is 1.00 e. The molecule has 0 aliphatic heterocycles. The number of fused-ring (bicyclic) bond motifs is 2. The first kappa shape index (κ1) is 31.9. The van der Waals surface area contributed by atoms with Crippen LogP contribution < -0.4 is 24.8 Å². The molecule has 2 nitrogen and oxygen atoms in total. The summed E-state index contributed by atoms with van der Waals surface area (Å²) in [6.45, 7) is 13.6. The Balaban J connectivity index is 0.00000194. The van der Waals surface area contributed by atoms with Crippen LogP contribution in [0.2, 0.25) is 0 Å². The number of furan rings is 2. The second kappa shape index (κ2) is 13.1. The van der Waals surface area contributed by atoms with E-state index in [-0.39, 0.29) is 24.8 Å². The predicted octanol–water partition coefficient (Wildman–Crippen LogP) is 4.23. The average molecular weight is 665 g/mol. The van der Waals surface area contributed by atoms with E-state index in [4.69, 9.17) is 8.83 Å². The molecule has 0 N–H and O–H groups in total. The van der Waals surface area contributed by atoms with Gasteiger partial charge in [-0.05, 0) is 0 Å². The Morgan fingerprint density at radius 1 is 0.610 bits per heavy atom. The van der Waals surface area contributed by atoms with Gasteiger partial charge in [-0.1, -0.05) is 0 Å². The average Bonchev–Trinajstić information content (AvgIpc) is 3.72. The molecule has 2 aliphatic rings. The molecule has 212 valence electrons. The second-order valence-electron chi connectivity index (χ2n) is 11.5. The Labute approximate surface area is 269 Å². The van der Waals surface area contributed by atoms with Gasteiger partial charge in [0.15, 0.2) is 0 Å². The molecule has 2 unspecified atom stereocenters. The molecule has 2 aromatic heterocycles. The molecule has 0 saturated carbocycles. The van der Waals surface area contributed by atoms with E-state index in [1.54, 1.807) is 0 Å². The van der Waals surface area contributed by atoms with Crippen LogP contribution in [0.15, 0.2) is 69.5 Å². The van der Waals surface area contributed by atoms with Crippen molar-refractivity contribution >= 4 is 23.3 Å². The van der Waals surface area contributed by atoms with Crippen LogP contribution in [0.3, 0.4) is 0 Å². The van der Waals surface area contributed by atoms with Crippen molar-refractivity contribution in [2.45, 2.75) is 73.5 Å². The van der Waals surface area contributed by atoms with Crippen LogP contribution in [0.4, 0.5) is 0 Å². The topological polar surface area (TPSA) is 26.3 Å². The summed E-state index contributed by atoms with van der Waals surface area (Å²) in [5.74, 6) is 5.19. The molecular formula is C36H38Cl2O2Zr. The van der Waals surface area contributed by atoms with Crippen molar-refractivity contribution in [1.29, 1.82) is 0 Å². The summed E-state index contributed by atoms with van der Waals surface area (Å²) in [5.41, 5.74) is 11.5. The Morgan fingerprint density at radius 3 is 1.37 bits per heavy atom. The second-order valence-corrected chi connectivity index (χ2v) is 15.1. The van der Waals surface area contributed by atoms with Crippen molar-refractivity contribution in [2.24, 2.45) is 0 Å². The van der Waals surface area contributed by atoms with Gasteiger partial charge in [-0.15, -0.1) is 0 Å². The van der Waals surface area contributed by atoms with Crippen molar-refractivity contribution in [2.75, 3.05) is 0 Å². The van der Waals surface area contributed by atoms with Gasteiger partial charge in [-0.25, -0.2) is 0 Å². The van der Waals surface area contributed by atoms with E-state index < -0.39 is 23.2 Å². The van der Waals surface area contributed by atoms with Crippen LogP contribution in [0.5, 0.6) is 0 Å². The third-order valence-electron chi connectivity index (χ3n) is 8.36. The van der Waals surface area contributed by atoms with Gasteiger partial charge < -0.3 is 24.8 Å². The number of benzene rings is 2. The summed E-state index contributed by atoms with van der Waals surface area (Å²) in [6.07, 6.45) is 6.75. The Bertz CT molecular complexity index is 1470. The zero-order valence-corrected chi connectivity index (χ0v) is 28.7. The minimum Gasteiger partial charge on any atom is -1.00 e. The molecule has 0 fully saturated rings. The third-order valence-corrected chi connectivity index (χ3v) is 13.1. The number of halogens is 2. The van der Waals surface area contributed by atoms with E-state index in [0.29, 0.717) is 19.1 Å². The van der Waals surface area contributed by atoms with E-state index in [1.807, 2.05) is 0 Å². The quantitative estimate of drug-likeness (QED) is 0.282. The Morgan fingerprint density at radius 2 is 1.02 bits per heavy atom. The van der Waals surface area contributed by atoms with Crippen LogP contribution in [0, 0.1) is 0 Å². The zero-order chi connectivity index (χ0) is 27.3. The summed E-state index contributed by atoms with van der Waals surface area (Å²) in [6, 6.07) is 22.6. The van der Waals surface area contributed by atoms with Crippen molar-refractivity contribution in [3.05, 3.63) is 117 Å². The molecule has 0 saturated heterocycles. The molecule has 2 atom stereocenters. The van der Waals surface area contributed by atoms with Gasteiger partial charge in [0.1, 0.15) is 0 Å². The molecule has 4 aromatic rings. The van der Waals surface area contributed by atoms with E-state index in [9.17, 15) is 0 Å². The number of allylic oxidation sites excluding steroid dienone is 2. The molecule has 2 aliphatic carbocycles. The van der Waals surface area contributed by atoms with Gasteiger partial charge in [0.25, 0.3) is 0 Å². The molecule has 0 bridgehead atoms. The normalized spacial score (nSPS) is 17.0. The summed E-state index contributed by atoms with van der Waals surface area (Å²) in [5, 5.41) is 0. The van der Waals surface area contributed by atoms with Crippen LogP contribution >= 0.6 is 0 Å². The van der Waals surface area contributed by atoms with Crippen molar-refractivity contribution < 1.29 is 56.9 Å². The van der Waals surface area contributed by atoms with Crippen LogP contribution in [0.25, 0.3) is 23.3 Å². The van der Waals surface area contributed by atoms with Crippen LogP contribution in [0.1, 0.15) is 117 Å². The van der Waals surface area contributed by atoms with Crippen molar-refractivity contribution in [3.63, 3.8) is 0 Å². The first-order valence-corrected chi connectivity index (χ1v) is 17.4. The number of hydrogen-bond acceptors (Lipinski definition) is 2. The van der Waals surface area contributed by atoms with E-state index >= 15 is 0 Å². The minimum atomic E-state index is -1.16. The maximum Gasteiger partial charge on any atom is -1.00 e. The number of aryl methyl sites for hydroxylation is 2. The molecule has 2 heterocycles. The van der Waals surface area contributed by atoms with Crippen LogP contribution in [-0.4, -0.2) is 0 Å². The van der Waals surface area contributed by atoms with E-state index in [1.165, 1.54) is 44.5 Å². The Hall–Kier alpha value is -2.06. The summed E-state index contributed by atoms with van der Waals surface area (Å²) >= 11 is -1.16. The predicted molar refractivity (Wildman–Crippen MR) is 158 cm³/mol. The third kappa shape index (κ3) is 5.80. The molecule has 6 rings (SSSR count). The maximum atomic E-state index is 6.42. The molecule has 0 radical (unpaired) electrons. The van der Waals surface area contributed by atoms with Crippen LogP contribution in [-0.2, 0) is 36.1 Å². The number of rotatable bonds is 8. The zero-order valence-electron chi connectivity index (χ0n) is 24.7. The van der Waals surface area contributed by atoms with Gasteiger partial charge in [0.05, 0.1) is 0 Å². The first-order valence-electron chi connectivity index (χ1n) is 14.5. The molecule has 0 spiro atoms. The van der Waals surface area contributed by atoms with E-state index in [2.05, 4.69) is 114 Å². The fourth-order valence-corrected chi connectivity index (χ4v) is 11.2. The van der Waals surface area contributed by atoms with Gasteiger partial charge in [-0.3, -0.25) is 0 Å². The molecule has 5 heteroatoms. The van der Waals surface area contributed by atoms with Gasteiger partial charge in [-0.2, -0.15) is 0 Å². The maximum absolute atomic E-state index is 6.42. The Kier molecular flexibility index (Phi) is 10.2. The SMILES string of the molecule is CCc1ccc(C2=Cc3c(C(C)C)cccc3[CH]2[Zr+2][CH]2C(c3ccc(CC)o3)=Cc3c(C(C)C)cccc32)o1.[Cl-].[Cl-]. The monoisotopic (exact) mass is 662 g/mol. The first-order chi connectivity index (χ1) is 18.9. The molecule has 0 amide bonds. The summed E-state index contributed by atoms with van der Waals surface area (Å²) in [7, 11) is 0. The standard InChI is InChI=1S/2C18H19O.2ClH.Zr/c2*1-4-15-8-9-18(19-15)14-10-13-6-5-7-16(12(2)3)17(13)11-14;;;/h2*5-12H,4H2,1-3H3;2*1H;/q;;;;+2/p-2. The summed E-state index contributed by atoms with van der Waals surface area (Å²) in [4.78, 5) is 0. The fourth-order valence-electron chi connectivity index (χ4n) is 6.26. The smallest absolute Gasteiger partial charge is 1.00 e. The van der Waals surface area contributed by atoms with Crippen molar-refractivity contribution in [3.8, 4) is 0 Å². The van der Waals surface area contributed by atoms with Crippen molar-refractivity contribution in [1.82, 2.24) is 0 Å². The molecular weight excluding hydrogens is 627 g/mol. The molecule has 41 heavy (non-hydrogen) atoms. The van der Waals surface area contributed by atoms with Gasteiger partial charge in [0.2, 0.25) is 0 Å². The van der Waals surface area contributed by atoms with Gasteiger partial charge in [0, 0.05) is 0 Å². The summed E-state index contributed by atoms with van der Waals surface area (Å²) < 4.78 is 13.7. The molecule has 2 aromatic carbocycles. The van der Waals surface area contributed by atoms with E-state index in [0.717, 1.165) is 35.9 Å². The minimum absolute atomic E-state index is 0. The van der Waals surface area contributed by atoms with Gasteiger partial charge >= 0.3 is 246 Å². The fraction of sp³-hybridized carbons (Fsp3) is 0.333.